The van der Waals surface area contributed by atoms with Gasteiger partial charge in [-0.25, -0.2) is 0 Å². The van der Waals surface area contributed by atoms with Gasteiger partial charge in [-0.05, 0) is 31.9 Å². The summed E-state index contributed by atoms with van der Waals surface area (Å²) >= 11 is 0. The molecule has 2 N–H and O–H groups in total. The molecule has 94 valence electrons. The summed E-state index contributed by atoms with van der Waals surface area (Å²) in [5.41, 5.74) is 7.12. The maximum absolute atomic E-state index is 5.93. The van der Waals surface area contributed by atoms with Gasteiger partial charge in [-0.3, -0.25) is 4.90 Å². The van der Waals surface area contributed by atoms with Gasteiger partial charge in [0.15, 0.2) is 0 Å². The SMILES string of the molecule is COc1ccccc1C(CN)N(C)CC1CC1. The Morgan fingerprint density at radius 3 is 2.71 bits per heavy atom. The number of methoxy groups -OCH3 is 1. The molecule has 0 amide bonds. The predicted octanol–water partition coefficient (Wildman–Crippen LogP) is 2.04. The minimum Gasteiger partial charge on any atom is -0.496 e. The van der Waals surface area contributed by atoms with Crippen LogP contribution in [0.1, 0.15) is 24.4 Å². The smallest absolute Gasteiger partial charge is 0.123 e. The minimum absolute atomic E-state index is 0.256. The van der Waals surface area contributed by atoms with Crippen molar-refractivity contribution in [3.05, 3.63) is 29.8 Å². The Kier molecular flexibility index (Phi) is 4.02. The fraction of sp³-hybridized carbons (Fsp3) is 0.571. The van der Waals surface area contributed by atoms with Crippen LogP contribution >= 0.6 is 0 Å². The van der Waals surface area contributed by atoms with Gasteiger partial charge >= 0.3 is 0 Å². The van der Waals surface area contributed by atoms with Gasteiger partial charge in [0.2, 0.25) is 0 Å². The van der Waals surface area contributed by atoms with E-state index in [0.29, 0.717) is 6.54 Å². The van der Waals surface area contributed by atoms with Crippen LogP contribution in [0.4, 0.5) is 0 Å². The van der Waals surface area contributed by atoms with Crippen molar-refractivity contribution in [3.8, 4) is 5.75 Å². The molecule has 1 aliphatic rings. The maximum atomic E-state index is 5.93. The molecule has 0 aliphatic heterocycles. The molecule has 0 saturated heterocycles. The van der Waals surface area contributed by atoms with Crippen LogP contribution < -0.4 is 10.5 Å². The third-order valence-electron chi connectivity index (χ3n) is 3.50. The largest absolute Gasteiger partial charge is 0.496 e. The quantitative estimate of drug-likeness (QED) is 0.818. The molecule has 1 unspecified atom stereocenters. The number of likely N-dealkylation sites (N-methyl/N-ethyl adjacent to an activating group) is 1. The average Bonchev–Trinajstić information content (AvgIpc) is 3.14. The zero-order valence-electron chi connectivity index (χ0n) is 10.7. The molecule has 1 atom stereocenters. The van der Waals surface area contributed by atoms with Crippen LogP contribution in [0.5, 0.6) is 5.75 Å². The summed E-state index contributed by atoms with van der Waals surface area (Å²) < 4.78 is 5.42. The molecule has 1 aromatic carbocycles. The van der Waals surface area contributed by atoms with Crippen molar-refractivity contribution >= 4 is 0 Å². The summed E-state index contributed by atoms with van der Waals surface area (Å²) in [6, 6.07) is 8.41. The molecule has 0 bridgehead atoms. The van der Waals surface area contributed by atoms with E-state index in [1.807, 2.05) is 18.2 Å². The van der Waals surface area contributed by atoms with E-state index in [1.54, 1.807) is 7.11 Å². The first-order chi connectivity index (χ1) is 8.26. The number of hydrogen-bond acceptors (Lipinski definition) is 3. The average molecular weight is 234 g/mol. The second kappa shape index (κ2) is 5.52. The Bertz CT molecular complexity index is 363. The van der Waals surface area contributed by atoms with E-state index in [1.165, 1.54) is 18.4 Å². The maximum Gasteiger partial charge on any atom is 0.123 e. The molecule has 0 radical (unpaired) electrons. The predicted molar refractivity (Wildman–Crippen MR) is 70.1 cm³/mol. The van der Waals surface area contributed by atoms with Crippen molar-refractivity contribution in [2.45, 2.75) is 18.9 Å². The van der Waals surface area contributed by atoms with Crippen molar-refractivity contribution in [1.82, 2.24) is 4.90 Å². The number of hydrogen-bond donors (Lipinski definition) is 1. The molecule has 1 aromatic rings. The fourth-order valence-corrected chi connectivity index (χ4v) is 2.32. The van der Waals surface area contributed by atoms with Gasteiger partial charge in [-0.15, -0.1) is 0 Å². The number of benzene rings is 1. The van der Waals surface area contributed by atoms with Gasteiger partial charge < -0.3 is 10.5 Å². The van der Waals surface area contributed by atoms with Crippen molar-refractivity contribution in [1.29, 1.82) is 0 Å². The number of para-hydroxylation sites is 1. The van der Waals surface area contributed by atoms with E-state index in [2.05, 4.69) is 18.0 Å². The third kappa shape index (κ3) is 2.99. The van der Waals surface area contributed by atoms with Gasteiger partial charge in [0, 0.05) is 18.7 Å². The second-order valence-corrected chi connectivity index (χ2v) is 4.88. The minimum atomic E-state index is 0.256. The number of nitrogens with two attached hydrogens (primary N) is 1. The Labute approximate surface area is 104 Å². The second-order valence-electron chi connectivity index (χ2n) is 4.88. The summed E-state index contributed by atoms with van der Waals surface area (Å²) in [4.78, 5) is 2.36. The molecule has 17 heavy (non-hydrogen) atoms. The summed E-state index contributed by atoms with van der Waals surface area (Å²) in [6.45, 7) is 1.77. The van der Waals surface area contributed by atoms with Crippen LogP contribution in [0.3, 0.4) is 0 Å². The normalized spacial score (nSPS) is 17.2. The lowest BCUT2D eigenvalue weighted by molar-refractivity contribution is 0.235. The number of nitrogens with zero attached hydrogens (tertiary/aromatic N) is 1. The van der Waals surface area contributed by atoms with Crippen LogP contribution in [0.2, 0.25) is 0 Å². The van der Waals surface area contributed by atoms with Crippen molar-refractivity contribution in [2.75, 3.05) is 27.2 Å². The highest BCUT2D eigenvalue weighted by Gasteiger charge is 2.27. The van der Waals surface area contributed by atoms with Gasteiger partial charge in [0.05, 0.1) is 13.2 Å². The number of rotatable bonds is 6. The summed E-state index contributed by atoms with van der Waals surface area (Å²) in [7, 11) is 3.87. The molecular formula is C14H22N2O. The highest BCUT2D eigenvalue weighted by atomic mass is 16.5. The van der Waals surface area contributed by atoms with Crippen molar-refractivity contribution in [3.63, 3.8) is 0 Å². The topological polar surface area (TPSA) is 38.5 Å². The van der Waals surface area contributed by atoms with Crippen LogP contribution in [-0.4, -0.2) is 32.1 Å². The third-order valence-corrected chi connectivity index (χ3v) is 3.50. The highest BCUT2D eigenvalue weighted by molar-refractivity contribution is 5.36. The monoisotopic (exact) mass is 234 g/mol. The molecule has 1 aliphatic carbocycles. The Hall–Kier alpha value is -1.06. The van der Waals surface area contributed by atoms with E-state index >= 15 is 0 Å². The molecule has 1 fully saturated rings. The standard InChI is InChI=1S/C14H22N2O/c1-16(10-11-7-8-11)13(9-15)12-5-3-4-6-14(12)17-2/h3-6,11,13H,7-10,15H2,1-2H3. The molecule has 0 aromatic heterocycles. The van der Waals surface area contributed by atoms with Crippen LogP contribution in [0, 0.1) is 5.92 Å². The lowest BCUT2D eigenvalue weighted by Gasteiger charge is -2.28. The van der Waals surface area contributed by atoms with Crippen LogP contribution in [0.15, 0.2) is 24.3 Å². The Balaban J connectivity index is 2.14. The number of ether oxygens (including phenoxy) is 1. The Morgan fingerprint density at radius 1 is 1.41 bits per heavy atom. The Morgan fingerprint density at radius 2 is 2.12 bits per heavy atom. The molecule has 0 spiro atoms. The van der Waals surface area contributed by atoms with Crippen molar-refractivity contribution in [2.24, 2.45) is 11.7 Å². The van der Waals surface area contributed by atoms with E-state index in [-0.39, 0.29) is 6.04 Å². The zero-order valence-corrected chi connectivity index (χ0v) is 10.7. The molecule has 2 rings (SSSR count). The first kappa shape index (κ1) is 12.4. The van der Waals surface area contributed by atoms with E-state index in [9.17, 15) is 0 Å². The first-order valence-corrected chi connectivity index (χ1v) is 6.29. The summed E-state index contributed by atoms with van der Waals surface area (Å²) in [5, 5.41) is 0. The van der Waals surface area contributed by atoms with Gasteiger partial charge in [-0.1, -0.05) is 18.2 Å². The van der Waals surface area contributed by atoms with E-state index < -0.39 is 0 Å². The van der Waals surface area contributed by atoms with E-state index in [0.717, 1.165) is 18.2 Å². The van der Waals surface area contributed by atoms with Crippen LogP contribution in [-0.2, 0) is 0 Å². The van der Waals surface area contributed by atoms with Crippen LogP contribution in [0.25, 0.3) is 0 Å². The molecular weight excluding hydrogens is 212 g/mol. The van der Waals surface area contributed by atoms with Gasteiger partial charge in [0.1, 0.15) is 5.75 Å². The van der Waals surface area contributed by atoms with Gasteiger partial charge in [-0.2, -0.15) is 0 Å². The summed E-state index contributed by atoms with van der Waals surface area (Å²) in [5.74, 6) is 1.81. The first-order valence-electron chi connectivity index (χ1n) is 6.29. The summed E-state index contributed by atoms with van der Waals surface area (Å²) in [6.07, 6.45) is 2.74. The highest BCUT2D eigenvalue weighted by Crippen LogP contribution is 2.33. The van der Waals surface area contributed by atoms with Crippen molar-refractivity contribution < 1.29 is 4.74 Å². The van der Waals surface area contributed by atoms with E-state index in [4.69, 9.17) is 10.5 Å². The molecule has 1 saturated carbocycles. The zero-order chi connectivity index (χ0) is 12.3. The molecule has 3 heteroatoms. The van der Waals surface area contributed by atoms with Gasteiger partial charge in [0.25, 0.3) is 0 Å². The lowest BCUT2D eigenvalue weighted by atomic mass is 10.0. The molecule has 3 nitrogen and oxygen atoms in total. The molecule has 0 heterocycles. The lowest BCUT2D eigenvalue weighted by Crippen LogP contribution is -2.32. The fourth-order valence-electron chi connectivity index (χ4n) is 2.32.